The van der Waals surface area contributed by atoms with Gasteiger partial charge in [0, 0.05) is 19.9 Å². The highest BCUT2D eigenvalue weighted by Crippen LogP contribution is 2.30. The van der Waals surface area contributed by atoms with Crippen LogP contribution in [0.4, 0.5) is 5.13 Å². The fraction of sp³-hybridized carbons (Fsp3) is 0.353. The topological polar surface area (TPSA) is 60.2 Å². The molecule has 1 fully saturated rings. The second-order valence-corrected chi connectivity index (χ2v) is 6.86. The maximum absolute atomic E-state index is 13.1. The van der Waals surface area contributed by atoms with Crippen molar-refractivity contribution >= 4 is 32.6 Å². The van der Waals surface area contributed by atoms with Gasteiger partial charge in [-0.05, 0) is 31.0 Å². The third kappa shape index (κ3) is 2.81. The molecule has 1 aliphatic rings. The predicted octanol–water partition coefficient (Wildman–Crippen LogP) is 2.86. The summed E-state index contributed by atoms with van der Waals surface area (Å²) in [5.41, 5.74) is 1.46. The number of hydrogen-bond acceptors (Lipinski definition) is 5. The van der Waals surface area contributed by atoms with Crippen molar-refractivity contribution in [1.29, 1.82) is 0 Å². The van der Waals surface area contributed by atoms with E-state index in [1.807, 2.05) is 24.3 Å². The van der Waals surface area contributed by atoms with Crippen LogP contribution < -0.4 is 4.90 Å². The number of para-hydroxylation sites is 1. The van der Waals surface area contributed by atoms with E-state index in [1.165, 1.54) is 11.3 Å². The van der Waals surface area contributed by atoms with Crippen LogP contribution in [0.3, 0.4) is 0 Å². The zero-order chi connectivity index (χ0) is 16.5. The monoisotopic (exact) mass is 342 g/mol. The fourth-order valence-electron chi connectivity index (χ4n) is 2.94. The lowest BCUT2D eigenvalue weighted by atomic mass is 10.2. The smallest absolute Gasteiger partial charge is 0.278 e. The molecule has 0 radical (unpaired) electrons. The van der Waals surface area contributed by atoms with E-state index in [-0.39, 0.29) is 12.0 Å². The molecule has 1 saturated heterocycles. The van der Waals surface area contributed by atoms with Crippen LogP contribution in [0, 0.1) is 0 Å². The van der Waals surface area contributed by atoms with Gasteiger partial charge in [-0.1, -0.05) is 23.5 Å². The number of thiazole rings is 1. The van der Waals surface area contributed by atoms with Crippen LogP contribution in [0.5, 0.6) is 0 Å². The Morgan fingerprint density at radius 1 is 1.42 bits per heavy atom. The normalized spacial score (nSPS) is 17.5. The average Bonchev–Trinajstić information content (AvgIpc) is 3.32. The Morgan fingerprint density at radius 3 is 3.00 bits per heavy atom. The molecule has 24 heavy (non-hydrogen) atoms. The minimum atomic E-state index is -0.0930. The van der Waals surface area contributed by atoms with Crippen LogP contribution in [0.25, 0.3) is 10.2 Å². The Kier molecular flexibility index (Phi) is 4.03. The first-order chi connectivity index (χ1) is 11.7. The molecule has 0 bridgehead atoms. The highest BCUT2D eigenvalue weighted by Gasteiger charge is 2.28. The molecule has 2 aromatic heterocycles. The van der Waals surface area contributed by atoms with Crippen molar-refractivity contribution in [2.75, 3.05) is 18.1 Å². The zero-order valence-corrected chi connectivity index (χ0v) is 14.2. The first kappa shape index (κ1) is 15.3. The molecular formula is C17H18N4O2S. The van der Waals surface area contributed by atoms with Gasteiger partial charge in [0.15, 0.2) is 5.13 Å². The second kappa shape index (κ2) is 6.33. The summed E-state index contributed by atoms with van der Waals surface area (Å²) in [6.07, 6.45) is 3.71. The first-order valence-electron chi connectivity index (χ1n) is 7.99. The molecule has 3 heterocycles. The molecule has 1 atom stereocenters. The van der Waals surface area contributed by atoms with E-state index >= 15 is 0 Å². The van der Waals surface area contributed by atoms with E-state index in [2.05, 4.69) is 10.1 Å². The number of amides is 1. The van der Waals surface area contributed by atoms with Gasteiger partial charge in [0.25, 0.3) is 5.91 Å². The lowest BCUT2D eigenvalue weighted by Crippen LogP contribution is -2.38. The van der Waals surface area contributed by atoms with Crippen molar-refractivity contribution in [1.82, 2.24) is 14.8 Å². The average molecular weight is 342 g/mol. The van der Waals surface area contributed by atoms with Crippen molar-refractivity contribution < 1.29 is 9.53 Å². The number of carbonyl (C=O) groups excluding carboxylic acids is 1. The summed E-state index contributed by atoms with van der Waals surface area (Å²) in [6, 6.07) is 9.67. The lowest BCUT2D eigenvalue weighted by Gasteiger charge is -2.22. The van der Waals surface area contributed by atoms with Gasteiger partial charge in [-0.2, -0.15) is 5.10 Å². The van der Waals surface area contributed by atoms with Gasteiger partial charge in [0.05, 0.1) is 22.9 Å². The van der Waals surface area contributed by atoms with Crippen LogP contribution in [-0.2, 0) is 11.8 Å². The Balaban J connectivity index is 1.71. The Bertz CT molecular complexity index is 833. The molecular weight excluding hydrogens is 324 g/mol. The number of aromatic nitrogens is 3. The molecule has 0 saturated carbocycles. The van der Waals surface area contributed by atoms with Crippen LogP contribution in [0.1, 0.15) is 23.3 Å². The highest BCUT2D eigenvalue weighted by atomic mass is 32.1. The molecule has 124 valence electrons. The minimum Gasteiger partial charge on any atom is -0.376 e. The summed E-state index contributed by atoms with van der Waals surface area (Å²) in [6.45, 7) is 1.28. The van der Waals surface area contributed by atoms with Crippen molar-refractivity contribution in [3.05, 3.63) is 42.2 Å². The van der Waals surface area contributed by atoms with Gasteiger partial charge < -0.3 is 4.74 Å². The fourth-order valence-corrected chi connectivity index (χ4v) is 3.91. The van der Waals surface area contributed by atoms with E-state index in [4.69, 9.17) is 4.74 Å². The standard InChI is InChI=1S/C17H18N4O2S/c1-20-14(8-9-18-20)16(22)21(11-12-5-4-10-23-12)17-19-13-6-2-3-7-15(13)24-17/h2-3,6-9,12H,4-5,10-11H2,1H3/t12-/m1/s1. The van der Waals surface area contributed by atoms with Crippen molar-refractivity contribution in [2.45, 2.75) is 18.9 Å². The number of benzene rings is 1. The van der Waals surface area contributed by atoms with E-state index in [0.29, 0.717) is 17.4 Å². The number of ether oxygens (including phenoxy) is 1. The SMILES string of the molecule is Cn1nccc1C(=O)N(C[C@H]1CCCO1)c1nc2ccccc2s1. The van der Waals surface area contributed by atoms with Crippen LogP contribution in [0.2, 0.25) is 0 Å². The maximum Gasteiger partial charge on any atom is 0.278 e. The third-order valence-corrected chi connectivity index (χ3v) is 5.27. The van der Waals surface area contributed by atoms with Gasteiger partial charge in [-0.15, -0.1) is 0 Å². The van der Waals surface area contributed by atoms with Gasteiger partial charge in [-0.3, -0.25) is 14.4 Å². The molecule has 1 aromatic carbocycles. The van der Waals surface area contributed by atoms with Crippen LogP contribution in [-0.4, -0.2) is 39.9 Å². The van der Waals surface area contributed by atoms with E-state index < -0.39 is 0 Å². The Hall–Kier alpha value is -2.25. The van der Waals surface area contributed by atoms with E-state index in [9.17, 15) is 4.79 Å². The quantitative estimate of drug-likeness (QED) is 0.731. The summed E-state index contributed by atoms with van der Waals surface area (Å²) in [7, 11) is 1.77. The van der Waals surface area contributed by atoms with E-state index in [1.54, 1.807) is 28.9 Å². The molecule has 0 aliphatic carbocycles. The number of fused-ring (bicyclic) bond motifs is 1. The number of rotatable bonds is 4. The van der Waals surface area contributed by atoms with Gasteiger partial charge >= 0.3 is 0 Å². The number of carbonyl (C=O) groups is 1. The summed E-state index contributed by atoms with van der Waals surface area (Å²) in [5, 5.41) is 4.82. The summed E-state index contributed by atoms with van der Waals surface area (Å²) < 4.78 is 8.40. The number of nitrogens with zero attached hydrogens (tertiary/aromatic N) is 4. The zero-order valence-electron chi connectivity index (χ0n) is 13.4. The van der Waals surface area contributed by atoms with Crippen LogP contribution in [0.15, 0.2) is 36.5 Å². The van der Waals surface area contributed by atoms with Gasteiger partial charge in [0.1, 0.15) is 5.69 Å². The summed E-state index contributed by atoms with van der Waals surface area (Å²) in [5.74, 6) is -0.0930. The number of aryl methyl sites for hydroxylation is 1. The highest BCUT2D eigenvalue weighted by molar-refractivity contribution is 7.22. The lowest BCUT2D eigenvalue weighted by molar-refractivity contribution is 0.0910. The van der Waals surface area contributed by atoms with Crippen LogP contribution >= 0.6 is 11.3 Å². The summed E-state index contributed by atoms with van der Waals surface area (Å²) >= 11 is 1.53. The van der Waals surface area contributed by atoms with Crippen molar-refractivity contribution in [2.24, 2.45) is 7.05 Å². The molecule has 3 aromatic rings. The van der Waals surface area contributed by atoms with Crippen molar-refractivity contribution in [3.63, 3.8) is 0 Å². The second-order valence-electron chi connectivity index (χ2n) is 5.86. The molecule has 0 N–H and O–H groups in total. The van der Waals surface area contributed by atoms with Gasteiger partial charge in [-0.25, -0.2) is 4.98 Å². The predicted molar refractivity (Wildman–Crippen MR) is 93.5 cm³/mol. The molecule has 0 unspecified atom stereocenters. The number of hydrogen-bond donors (Lipinski definition) is 0. The molecule has 6 nitrogen and oxygen atoms in total. The Labute approximate surface area is 143 Å². The summed E-state index contributed by atoms with van der Waals surface area (Å²) in [4.78, 5) is 19.5. The maximum atomic E-state index is 13.1. The molecule has 7 heteroatoms. The number of anilines is 1. The molecule has 4 rings (SSSR count). The first-order valence-corrected chi connectivity index (χ1v) is 8.81. The third-order valence-electron chi connectivity index (χ3n) is 4.21. The molecule has 1 aliphatic heterocycles. The van der Waals surface area contributed by atoms with E-state index in [0.717, 1.165) is 29.7 Å². The van der Waals surface area contributed by atoms with Gasteiger partial charge in [0.2, 0.25) is 0 Å². The Morgan fingerprint density at radius 2 is 2.29 bits per heavy atom. The molecule has 0 spiro atoms. The van der Waals surface area contributed by atoms with Crippen molar-refractivity contribution in [3.8, 4) is 0 Å². The minimum absolute atomic E-state index is 0.0641. The largest absolute Gasteiger partial charge is 0.376 e. The molecule has 1 amide bonds.